The predicted octanol–water partition coefficient (Wildman–Crippen LogP) is 3.76. The molecule has 5 rings (SSSR count). The maximum atomic E-state index is 14.2. The lowest BCUT2D eigenvalue weighted by molar-refractivity contribution is 0.1000. The average Bonchev–Trinajstić information content (AvgIpc) is 2.92. The van der Waals surface area contributed by atoms with E-state index in [9.17, 15) is 18.4 Å². The highest BCUT2D eigenvalue weighted by atomic mass is 35.5. The Hall–Kier alpha value is -5.41. The largest absolute Gasteiger partial charge is 0.382 e. The molecule has 3 aromatic heterocycles. The minimum atomic E-state index is -0.878. The quantitative estimate of drug-likeness (QED) is 0.269. The minimum Gasteiger partial charge on any atom is -0.382 e. The van der Waals surface area contributed by atoms with E-state index in [2.05, 4.69) is 37.1 Å². The van der Waals surface area contributed by atoms with Crippen molar-refractivity contribution < 1.29 is 13.6 Å². The molecule has 0 fully saturated rings. The Morgan fingerprint density at radius 2 is 1.83 bits per heavy atom. The van der Waals surface area contributed by atoms with Crippen LogP contribution in [0.1, 0.15) is 40.4 Å². The van der Waals surface area contributed by atoms with Gasteiger partial charge in [0.05, 0.1) is 33.2 Å². The van der Waals surface area contributed by atoms with E-state index in [4.69, 9.17) is 23.1 Å². The Labute approximate surface area is 236 Å². The van der Waals surface area contributed by atoms with Crippen molar-refractivity contribution in [1.82, 2.24) is 24.5 Å². The van der Waals surface area contributed by atoms with E-state index in [1.165, 1.54) is 30.7 Å². The molecule has 0 saturated carbocycles. The zero-order valence-corrected chi connectivity index (χ0v) is 21.9. The molecule has 41 heavy (non-hydrogen) atoms. The SMILES string of the molecule is C[C@H](Nc1ncnc(N)c1C#Cc1ccc(C(N)=O)cn1)c1nc2cccc(Cl)c2c(=O)n1-c1cc(F)cc(F)c1. The van der Waals surface area contributed by atoms with E-state index in [1.54, 1.807) is 19.1 Å². The highest BCUT2D eigenvalue weighted by Gasteiger charge is 2.22. The molecule has 10 nitrogen and oxygen atoms in total. The molecule has 1 amide bonds. The Balaban J connectivity index is 1.60. The number of fused-ring (bicyclic) bond motifs is 1. The normalized spacial score (nSPS) is 11.5. The number of carbonyl (C=O) groups excluding carboxylic acids is 1. The zero-order valence-electron chi connectivity index (χ0n) is 21.2. The van der Waals surface area contributed by atoms with Crippen LogP contribution in [0.4, 0.5) is 20.4 Å². The molecular weight excluding hydrogens is 554 g/mol. The van der Waals surface area contributed by atoms with Crippen molar-refractivity contribution in [2.24, 2.45) is 5.73 Å². The van der Waals surface area contributed by atoms with Gasteiger partial charge in [0.2, 0.25) is 5.91 Å². The summed E-state index contributed by atoms with van der Waals surface area (Å²) in [6, 6.07) is 9.71. The number of nitrogens with zero attached hydrogens (tertiary/aromatic N) is 5. The van der Waals surface area contributed by atoms with Gasteiger partial charge in [-0.2, -0.15) is 0 Å². The maximum absolute atomic E-state index is 14.2. The summed E-state index contributed by atoms with van der Waals surface area (Å²) in [5, 5.41) is 3.34. The summed E-state index contributed by atoms with van der Waals surface area (Å²) >= 11 is 6.30. The first-order valence-electron chi connectivity index (χ1n) is 11.9. The smallest absolute Gasteiger partial charge is 0.267 e. The third-order valence-corrected chi connectivity index (χ3v) is 6.27. The van der Waals surface area contributed by atoms with E-state index in [0.717, 1.165) is 16.7 Å². The molecule has 0 aliphatic rings. The van der Waals surface area contributed by atoms with E-state index >= 15 is 0 Å². The van der Waals surface area contributed by atoms with Crippen molar-refractivity contribution in [2.45, 2.75) is 13.0 Å². The fourth-order valence-electron chi connectivity index (χ4n) is 4.06. The van der Waals surface area contributed by atoms with E-state index < -0.39 is 29.1 Å². The van der Waals surface area contributed by atoms with Gasteiger partial charge in [0.15, 0.2) is 0 Å². The molecule has 0 aliphatic heterocycles. The first-order valence-corrected chi connectivity index (χ1v) is 12.3. The van der Waals surface area contributed by atoms with Crippen molar-refractivity contribution in [3.05, 3.63) is 111 Å². The third kappa shape index (κ3) is 5.52. The topological polar surface area (TPSA) is 155 Å². The number of amides is 1. The lowest BCUT2D eigenvalue weighted by atomic mass is 10.2. The van der Waals surface area contributed by atoms with E-state index in [-0.39, 0.29) is 50.2 Å². The molecule has 5 aromatic rings. The van der Waals surface area contributed by atoms with Gasteiger partial charge in [-0.05, 0) is 49.2 Å². The number of aromatic nitrogens is 5. The number of carbonyl (C=O) groups is 1. The lowest BCUT2D eigenvalue weighted by Crippen LogP contribution is -2.28. The zero-order chi connectivity index (χ0) is 29.3. The van der Waals surface area contributed by atoms with Crippen LogP contribution < -0.4 is 22.3 Å². The number of halogens is 3. The summed E-state index contributed by atoms with van der Waals surface area (Å²) in [7, 11) is 0. The molecule has 0 saturated heterocycles. The number of anilines is 2. The fraction of sp³-hybridized carbons (Fsp3) is 0.0714. The monoisotopic (exact) mass is 572 g/mol. The van der Waals surface area contributed by atoms with Gasteiger partial charge in [0.25, 0.3) is 5.56 Å². The standard InChI is InChI=1S/C28H19ClF2N8O2/c1-14(37-26-20(24(32)35-13-36-26)8-7-18-6-5-15(12-34-18)25(33)40)27-38-22-4-2-3-21(29)23(22)28(41)39(27)19-10-16(30)9-17(31)11-19/h2-6,9-14H,1H3,(H2,33,40)(H3,32,35,36,37)/t14-/m0/s1. The van der Waals surface area contributed by atoms with Crippen LogP contribution in [0, 0.1) is 23.5 Å². The van der Waals surface area contributed by atoms with Crippen molar-refractivity contribution in [1.29, 1.82) is 0 Å². The molecule has 0 unspecified atom stereocenters. The number of nitrogen functional groups attached to an aromatic ring is 1. The maximum Gasteiger partial charge on any atom is 0.267 e. The molecule has 204 valence electrons. The number of nitrogens with two attached hydrogens (primary N) is 2. The van der Waals surface area contributed by atoms with Crippen LogP contribution in [-0.2, 0) is 0 Å². The number of nitrogens with one attached hydrogen (secondary N) is 1. The number of benzene rings is 2. The second-order valence-electron chi connectivity index (χ2n) is 8.77. The van der Waals surface area contributed by atoms with Gasteiger partial charge in [-0.15, -0.1) is 0 Å². The number of hydrogen-bond donors (Lipinski definition) is 3. The fourth-order valence-corrected chi connectivity index (χ4v) is 4.31. The Bertz CT molecular complexity index is 1930. The molecule has 2 aromatic carbocycles. The highest BCUT2D eigenvalue weighted by Crippen LogP contribution is 2.26. The van der Waals surface area contributed by atoms with Crippen LogP contribution in [0.25, 0.3) is 16.6 Å². The molecule has 3 heterocycles. The third-order valence-electron chi connectivity index (χ3n) is 5.96. The number of pyridine rings is 1. The summed E-state index contributed by atoms with van der Waals surface area (Å²) in [5.41, 5.74) is 11.7. The molecular formula is C28H19ClF2N8O2. The summed E-state index contributed by atoms with van der Waals surface area (Å²) < 4.78 is 29.5. The van der Waals surface area contributed by atoms with E-state index in [0.29, 0.717) is 11.8 Å². The van der Waals surface area contributed by atoms with Crippen LogP contribution in [0.15, 0.2) is 65.8 Å². The Morgan fingerprint density at radius 1 is 1.07 bits per heavy atom. The lowest BCUT2D eigenvalue weighted by Gasteiger charge is -2.21. The first kappa shape index (κ1) is 27.2. The van der Waals surface area contributed by atoms with Crippen LogP contribution >= 0.6 is 11.6 Å². The number of primary amides is 1. The highest BCUT2D eigenvalue weighted by molar-refractivity contribution is 6.35. The Morgan fingerprint density at radius 3 is 2.51 bits per heavy atom. The van der Waals surface area contributed by atoms with Gasteiger partial charge in [-0.25, -0.2) is 28.7 Å². The summed E-state index contributed by atoms with van der Waals surface area (Å²) in [6.07, 6.45) is 2.52. The molecule has 0 bridgehead atoms. The second kappa shape index (κ2) is 11.0. The van der Waals surface area contributed by atoms with Crippen LogP contribution in [-0.4, -0.2) is 30.4 Å². The summed E-state index contributed by atoms with van der Waals surface area (Å²) in [4.78, 5) is 41.9. The Kier molecular flexibility index (Phi) is 7.28. The first-order chi connectivity index (χ1) is 19.6. The average molecular weight is 573 g/mol. The van der Waals surface area contributed by atoms with E-state index in [1.807, 2.05) is 0 Å². The van der Waals surface area contributed by atoms with Gasteiger partial charge in [0, 0.05) is 12.3 Å². The number of rotatable bonds is 5. The van der Waals surface area contributed by atoms with Crippen LogP contribution in [0.2, 0.25) is 5.02 Å². The van der Waals surface area contributed by atoms with Gasteiger partial charge < -0.3 is 16.8 Å². The molecule has 0 spiro atoms. The molecule has 1 atom stereocenters. The van der Waals surface area contributed by atoms with Gasteiger partial charge >= 0.3 is 0 Å². The number of hydrogen-bond acceptors (Lipinski definition) is 8. The van der Waals surface area contributed by atoms with Gasteiger partial charge in [-0.1, -0.05) is 23.6 Å². The second-order valence-corrected chi connectivity index (χ2v) is 9.17. The molecule has 5 N–H and O–H groups in total. The molecule has 0 radical (unpaired) electrons. The predicted molar refractivity (Wildman–Crippen MR) is 149 cm³/mol. The van der Waals surface area contributed by atoms with Gasteiger partial charge in [0.1, 0.15) is 46.7 Å². The molecule has 13 heteroatoms. The minimum absolute atomic E-state index is 0.0544. The summed E-state index contributed by atoms with van der Waals surface area (Å²) in [6.45, 7) is 1.67. The molecule has 0 aliphatic carbocycles. The van der Waals surface area contributed by atoms with Crippen molar-refractivity contribution in [3.63, 3.8) is 0 Å². The van der Waals surface area contributed by atoms with Crippen molar-refractivity contribution >= 4 is 40.0 Å². The van der Waals surface area contributed by atoms with Crippen LogP contribution in [0.5, 0.6) is 0 Å². The summed E-state index contributed by atoms with van der Waals surface area (Å²) in [5.74, 6) is 3.67. The van der Waals surface area contributed by atoms with Crippen molar-refractivity contribution in [3.8, 4) is 17.5 Å². The van der Waals surface area contributed by atoms with Crippen LogP contribution in [0.3, 0.4) is 0 Å². The van der Waals surface area contributed by atoms with Gasteiger partial charge in [-0.3, -0.25) is 14.2 Å². The van der Waals surface area contributed by atoms with Crippen molar-refractivity contribution in [2.75, 3.05) is 11.1 Å².